The molecule has 0 heterocycles. The zero-order valence-corrected chi connectivity index (χ0v) is 12.0. The molecule has 0 aliphatic carbocycles. The maximum atomic E-state index is 11.9. The van der Waals surface area contributed by atoms with E-state index in [4.69, 9.17) is 5.73 Å². The summed E-state index contributed by atoms with van der Waals surface area (Å²) in [6.07, 6.45) is 0. The topological polar surface area (TPSA) is 151 Å². The Bertz CT molecular complexity index is 831. The molecule has 2 N–H and O–H groups in total. The van der Waals surface area contributed by atoms with Gasteiger partial charge < -0.3 is 10.6 Å². The van der Waals surface area contributed by atoms with Gasteiger partial charge in [0.25, 0.3) is 11.4 Å². The quantitative estimate of drug-likeness (QED) is 0.289. The first-order chi connectivity index (χ1) is 11.4. The predicted molar refractivity (Wildman–Crippen MR) is 82.3 cm³/mol. The molecule has 0 bridgehead atoms. The second-order valence-corrected chi connectivity index (χ2v) is 4.43. The van der Waals surface area contributed by atoms with Gasteiger partial charge in [-0.3, -0.25) is 20.2 Å². The summed E-state index contributed by atoms with van der Waals surface area (Å²) >= 11 is 0. The first-order valence-corrected chi connectivity index (χ1v) is 6.43. The number of nitrogens with zero attached hydrogens (tertiary/aromatic N) is 3. The zero-order chi connectivity index (χ0) is 17.7. The summed E-state index contributed by atoms with van der Waals surface area (Å²) in [5.41, 5.74) is 5.07. The maximum Gasteiger partial charge on any atom is 0.372 e. The minimum Gasteiger partial charge on any atom is -0.380 e. The molecule has 0 saturated heterocycles. The van der Waals surface area contributed by atoms with E-state index in [1.807, 2.05) is 0 Å². The van der Waals surface area contributed by atoms with Crippen molar-refractivity contribution in [2.45, 2.75) is 0 Å². The van der Waals surface area contributed by atoms with Crippen LogP contribution >= 0.6 is 0 Å². The van der Waals surface area contributed by atoms with Gasteiger partial charge in [-0.15, -0.1) is 0 Å². The third-order valence-electron chi connectivity index (χ3n) is 2.92. The fourth-order valence-electron chi connectivity index (χ4n) is 1.75. The number of carbonyl (C=O) groups is 1. The summed E-state index contributed by atoms with van der Waals surface area (Å²) in [5.74, 6) is -1.26. The largest absolute Gasteiger partial charge is 0.380 e. The Kier molecular flexibility index (Phi) is 4.80. The molecule has 10 heteroatoms. The van der Waals surface area contributed by atoms with Crippen LogP contribution in [0.2, 0.25) is 0 Å². The van der Waals surface area contributed by atoms with Crippen molar-refractivity contribution in [3.8, 4) is 0 Å². The molecule has 0 atom stereocenters. The van der Waals surface area contributed by atoms with Crippen molar-refractivity contribution >= 4 is 23.2 Å². The Hall–Kier alpha value is -3.82. The molecule has 0 saturated carbocycles. The summed E-state index contributed by atoms with van der Waals surface area (Å²) in [6.45, 7) is 0. The lowest BCUT2D eigenvalue weighted by molar-refractivity contribution is -0.385. The second kappa shape index (κ2) is 6.96. The lowest BCUT2D eigenvalue weighted by Crippen LogP contribution is -2.15. The van der Waals surface area contributed by atoms with Gasteiger partial charge in [-0.2, -0.15) is 0 Å². The van der Waals surface area contributed by atoms with E-state index in [2.05, 4.69) is 9.99 Å². The highest BCUT2D eigenvalue weighted by molar-refractivity contribution is 5.99. The van der Waals surface area contributed by atoms with Crippen molar-refractivity contribution in [3.63, 3.8) is 0 Å². The number of amidine groups is 1. The summed E-state index contributed by atoms with van der Waals surface area (Å²) in [7, 11) is 0. The number of rotatable bonds is 5. The van der Waals surface area contributed by atoms with E-state index < -0.39 is 21.5 Å². The third-order valence-corrected chi connectivity index (χ3v) is 2.92. The fourth-order valence-corrected chi connectivity index (χ4v) is 1.75. The molecule has 0 aromatic heterocycles. The number of non-ortho nitro benzene ring substituents is 1. The van der Waals surface area contributed by atoms with Crippen LogP contribution in [0.5, 0.6) is 0 Å². The molecule has 0 unspecified atom stereocenters. The molecule has 2 aromatic carbocycles. The van der Waals surface area contributed by atoms with Crippen LogP contribution in [-0.2, 0) is 4.84 Å². The van der Waals surface area contributed by atoms with Gasteiger partial charge in [-0.1, -0.05) is 17.3 Å². The van der Waals surface area contributed by atoms with Gasteiger partial charge in [0, 0.05) is 23.8 Å². The third kappa shape index (κ3) is 3.68. The molecule has 10 nitrogen and oxygen atoms in total. The van der Waals surface area contributed by atoms with Crippen molar-refractivity contribution in [3.05, 3.63) is 79.9 Å². The van der Waals surface area contributed by atoms with Gasteiger partial charge in [0.15, 0.2) is 5.84 Å². The molecule has 24 heavy (non-hydrogen) atoms. The van der Waals surface area contributed by atoms with Crippen molar-refractivity contribution in [1.82, 2.24) is 0 Å². The Morgan fingerprint density at radius 3 is 2.21 bits per heavy atom. The molecule has 0 aliphatic rings. The summed E-state index contributed by atoms with van der Waals surface area (Å²) < 4.78 is 0. The fraction of sp³-hybridized carbons (Fsp3) is 0. The van der Waals surface area contributed by atoms with Crippen LogP contribution < -0.4 is 5.73 Å². The Balaban J connectivity index is 2.16. The van der Waals surface area contributed by atoms with Crippen LogP contribution in [0.25, 0.3) is 0 Å². The molecule has 0 aliphatic heterocycles. The van der Waals surface area contributed by atoms with Crippen molar-refractivity contribution < 1.29 is 19.5 Å². The van der Waals surface area contributed by atoms with Gasteiger partial charge >= 0.3 is 5.97 Å². The minimum atomic E-state index is -1.05. The molecule has 2 aromatic rings. The normalized spacial score (nSPS) is 10.9. The maximum absolute atomic E-state index is 11.9. The lowest BCUT2D eigenvalue weighted by Gasteiger charge is -2.02. The Labute approximate surface area is 134 Å². The summed E-state index contributed by atoms with van der Waals surface area (Å²) in [5, 5.41) is 24.8. The molecule has 2 rings (SSSR count). The van der Waals surface area contributed by atoms with E-state index in [0.29, 0.717) is 0 Å². The minimum absolute atomic E-state index is 0.136. The zero-order valence-electron chi connectivity index (χ0n) is 12.0. The van der Waals surface area contributed by atoms with Crippen LogP contribution in [0.15, 0.2) is 53.7 Å². The van der Waals surface area contributed by atoms with Crippen LogP contribution in [0, 0.1) is 20.2 Å². The van der Waals surface area contributed by atoms with Crippen molar-refractivity contribution in [2.75, 3.05) is 0 Å². The van der Waals surface area contributed by atoms with Crippen LogP contribution in [0.3, 0.4) is 0 Å². The highest BCUT2D eigenvalue weighted by Crippen LogP contribution is 2.18. The van der Waals surface area contributed by atoms with E-state index in [9.17, 15) is 25.0 Å². The number of para-hydroxylation sites is 1. The number of nitrogens with two attached hydrogens (primary N) is 1. The van der Waals surface area contributed by atoms with Crippen molar-refractivity contribution in [2.24, 2.45) is 10.9 Å². The lowest BCUT2D eigenvalue weighted by atomic mass is 10.2. The van der Waals surface area contributed by atoms with Crippen LogP contribution in [-0.4, -0.2) is 21.7 Å². The first-order valence-electron chi connectivity index (χ1n) is 6.43. The van der Waals surface area contributed by atoms with Gasteiger partial charge in [0.05, 0.1) is 9.85 Å². The number of benzene rings is 2. The first kappa shape index (κ1) is 16.5. The van der Waals surface area contributed by atoms with Gasteiger partial charge in [0.2, 0.25) is 0 Å². The second-order valence-electron chi connectivity index (χ2n) is 4.43. The molecule has 0 radical (unpaired) electrons. The van der Waals surface area contributed by atoms with E-state index >= 15 is 0 Å². The number of oxime groups is 1. The van der Waals surface area contributed by atoms with Gasteiger partial charge in [0.1, 0.15) is 5.56 Å². The highest BCUT2D eigenvalue weighted by atomic mass is 16.7. The van der Waals surface area contributed by atoms with E-state index in [0.717, 1.165) is 6.07 Å². The highest BCUT2D eigenvalue weighted by Gasteiger charge is 2.21. The Morgan fingerprint density at radius 1 is 1.00 bits per heavy atom. The number of nitro groups is 2. The average molecular weight is 330 g/mol. The molecular formula is C14H10N4O6. The average Bonchev–Trinajstić information content (AvgIpc) is 2.59. The molecule has 0 fully saturated rings. The van der Waals surface area contributed by atoms with Crippen LogP contribution in [0.1, 0.15) is 15.9 Å². The van der Waals surface area contributed by atoms with E-state index in [1.165, 1.54) is 42.5 Å². The molecule has 0 amide bonds. The molecular weight excluding hydrogens is 320 g/mol. The molecule has 122 valence electrons. The standard InChI is InChI=1S/C14H10N4O6/c15-13(9-5-7-10(8-6-9)17(20)21)16-24-14(19)11-3-1-2-4-12(11)18(22)23/h1-8H,(H2,15,16). The molecule has 0 spiro atoms. The Morgan fingerprint density at radius 2 is 1.62 bits per heavy atom. The predicted octanol–water partition coefficient (Wildman–Crippen LogP) is 1.98. The number of carbonyl (C=O) groups excluding carboxylic acids is 1. The van der Waals surface area contributed by atoms with Crippen LogP contribution in [0.4, 0.5) is 11.4 Å². The van der Waals surface area contributed by atoms with Gasteiger partial charge in [-0.25, -0.2) is 4.79 Å². The monoisotopic (exact) mass is 330 g/mol. The number of hydrogen-bond donors (Lipinski definition) is 1. The number of hydrogen-bond acceptors (Lipinski definition) is 7. The summed E-state index contributed by atoms with van der Waals surface area (Å²) in [4.78, 5) is 36.6. The van der Waals surface area contributed by atoms with Gasteiger partial charge in [-0.05, 0) is 18.2 Å². The number of nitro benzene ring substituents is 2. The van der Waals surface area contributed by atoms with E-state index in [-0.39, 0.29) is 22.6 Å². The van der Waals surface area contributed by atoms with E-state index in [1.54, 1.807) is 0 Å². The summed E-state index contributed by atoms with van der Waals surface area (Å²) in [6, 6.07) is 10.3. The SMILES string of the molecule is N/C(=N\OC(=O)c1ccccc1[N+](=O)[O-])c1ccc([N+](=O)[O-])cc1. The van der Waals surface area contributed by atoms with Crippen molar-refractivity contribution in [1.29, 1.82) is 0 Å². The smallest absolute Gasteiger partial charge is 0.372 e.